The Balaban J connectivity index is 1.44. The summed E-state index contributed by atoms with van der Waals surface area (Å²) < 4.78 is 0. The number of carbonyl (C=O) groups is 1. The van der Waals surface area contributed by atoms with Crippen molar-refractivity contribution in [3.8, 4) is 0 Å². The summed E-state index contributed by atoms with van der Waals surface area (Å²) in [5.74, 6) is 1.42. The zero-order valence-electron chi connectivity index (χ0n) is 16.0. The molecule has 0 radical (unpaired) electrons. The molecule has 7 heteroatoms. The van der Waals surface area contributed by atoms with Gasteiger partial charge in [-0.05, 0) is 25.7 Å². The Hall–Kier alpha value is -1.63. The number of hydrogen-bond acceptors (Lipinski definition) is 4. The van der Waals surface area contributed by atoms with Gasteiger partial charge in [0.2, 0.25) is 5.91 Å². The normalized spacial score (nSPS) is 21.8. The zero-order valence-corrected chi connectivity index (χ0v) is 16.8. The predicted molar refractivity (Wildman–Crippen MR) is 106 cm³/mol. The maximum absolute atomic E-state index is 12.7. The molecule has 0 spiro atoms. The zero-order chi connectivity index (χ0) is 18.4. The van der Waals surface area contributed by atoms with Crippen LogP contribution in [-0.4, -0.2) is 47.9 Å². The Morgan fingerprint density at radius 1 is 1.35 bits per heavy atom. The second-order valence-corrected chi connectivity index (χ2v) is 8.45. The SMILES string of the molecule is CCc1cnc(CNC(=NC)NC2CCN(C(=O)C3CCCCC3)C2)s1. The average Bonchev–Trinajstić information content (AvgIpc) is 3.34. The number of hydrogen-bond donors (Lipinski definition) is 2. The van der Waals surface area contributed by atoms with Crippen LogP contribution < -0.4 is 10.6 Å². The Morgan fingerprint density at radius 2 is 2.15 bits per heavy atom. The quantitative estimate of drug-likeness (QED) is 0.611. The molecule has 144 valence electrons. The lowest BCUT2D eigenvalue weighted by molar-refractivity contribution is -0.135. The fourth-order valence-electron chi connectivity index (χ4n) is 3.83. The Labute approximate surface area is 160 Å². The van der Waals surface area contributed by atoms with Gasteiger partial charge in [-0.3, -0.25) is 9.79 Å². The highest BCUT2D eigenvalue weighted by atomic mass is 32.1. The number of guanidine groups is 1. The predicted octanol–water partition coefficient (Wildman–Crippen LogP) is 2.55. The molecule has 1 unspecified atom stereocenters. The third kappa shape index (κ3) is 4.96. The van der Waals surface area contributed by atoms with Gasteiger partial charge in [0.1, 0.15) is 5.01 Å². The van der Waals surface area contributed by atoms with E-state index < -0.39 is 0 Å². The van der Waals surface area contributed by atoms with Gasteiger partial charge in [0.15, 0.2) is 5.96 Å². The molecule has 0 bridgehead atoms. The van der Waals surface area contributed by atoms with Gasteiger partial charge in [0.25, 0.3) is 0 Å². The lowest BCUT2D eigenvalue weighted by Crippen LogP contribution is -2.45. The molecule has 1 aromatic heterocycles. The maximum atomic E-state index is 12.7. The van der Waals surface area contributed by atoms with Gasteiger partial charge in [0, 0.05) is 43.2 Å². The summed E-state index contributed by atoms with van der Waals surface area (Å²) in [6, 6.07) is 0.274. The van der Waals surface area contributed by atoms with E-state index in [9.17, 15) is 4.79 Å². The fraction of sp³-hybridized carbons (Fsp3) is 0.737. The minimum Gasteiger partial charge on any atom is -0.352 e. The van der Waals surface area contributed by atoms with Crippen LogP contribution in [0.15, 0.2) is 11.2 Å². The molecular weight excluding hydrogens is 346 g/mol. The molecule has 26 heavy (non-hydrogen) atoms. The molecule has 1 aromatic rings. The molecular formula is C19H31N5OS. The molecule has 6 nitrogen and oxygen atoms in total. The number of aromatic nitrogens is 1. The molecule has 1 aliphatic carbocycles. The van der Waals surface area contributed by atoms with Crippen molar-refractivity contribution in [2.75, 3.05) is 20.1 Å². The van der Waals surface area contributed by atoms with Crippen molar-refractivity contribution in [1.29, 1.82) is 0 Å². The van der Waals surface area contributed by atoms with E-state index in [1.807, 2.05) is 6.20 Å². The van der Waals surface area contributed by atoms with Crippen LogP contribution in [0.3, 0.4) is 0 Å². The van der Waals surface area contributed by atoms with E-state index in [1.54, 1.807) is 18.4 Å². The topological polar surface area (TPSA) is 69.6 Å². The summed E-state index contributed by atoms with van der Waals surface area (Å²) in [6.45, 7) is 4.47. The number of carbonyl (C=O) groups excluding carboxylic acids is 1. The van der Waals surface area contributed by atoms with E-state index in [1.165, 1.54) is 24.1 Å². The molecule has 1 saturated carbocycles. The number of aryl methyl sites for hydroxylation is 1. The first-order valence-corrected chi connectivity index (χ1v) is 10.7. The second kappa shape index (κ2) is 9.35. The molecule has 2 aliphatic rings. The summed E-state index contributed by atoms with van der Waals surface area (Å²) in [6.07, 6.45) is 9.80. The van der Waals surface area contributed by atoms with Crippen LogP contribution in [0, 0.1) is 5.92 Å². The van der Waals surface area contributed by atoms with Gasteiger partial charge >= 0.3 is 0 Å². The number of rotatable bonds is 5. The smallest absolute Gasteiger partial charge is 0.225 e. The lowest BCUT2D eigenvalue weighted by atomic mass is 9.88. The van der Waals surface area contributed by atoms with Crippen molar-refractivity contribution in [2.24, 2.45) is 10.9 Å². The van der Waals surface area contributed by atoms with Gasteiger partial charge in [-0.25, -0.2) is 4.98 Å². The van der Waals surface area contributed by atoms with Gasteiger partial charge in [0.05, 0.1) is 6.54 Å². The van der Waals surface area contributed by atoms with Crippen molar-refractivity contribution in [3.05, 3.63) is 16.1 Å². The third-order valence-electron chi connectivity index (χ3n) is 5.38. The van der Waals surface area contributed by atoms with E-state index in [0.29, 0.717) is 12.5 Å². The number of nitrogens with zero attached hydrogens (tertiary/aromatic N) is 3. The lowest BCUT2D eigenvalue weighted by Gasteiger charge is -2.26. The van der Waals surface area contributed by atoms with Gasteiger partial charge < -0.3 is 15.5 Å². The highest BCUT2D eigenvalue weighted by molar-refractivity contribution is 7.11. The van der Waals surface area contributed by atoms with Crippen LogP contribution in [0.2, 0.25) is 0 Å². The molecule has 1 amide bonds. The van der Waals surface area contributed by atoms with E-state index in [2.05, 4.69) is 32.4 Å². The van der Waals surface area contributed by atoms with Crippen LogP contribution in [0.25, 0.3) is 0 Å². The summed E-state index contributed by atoms with van der Waals surface area (Å²) in [5, 5.41) is 7.88. The van der Waals surface area contributed by atoms with Crippen molar-refractivity contribution in [3.63, 3.8) is 0 Å². The molecule has 2 N–H and O–H groups in total. The second-order valence-electron chi connectivity index (χ2n) is 7.25. The monoisotopic (exact) mass is 377 g/mol. The molecule has 1 aliphatic heterocycles. The van der Waals surface area contributed by atoms with Crippen LogP contribution in [0.4, 0.5) is 0 Å². The number of thiazole rings is 1. The summed E-state index contributed by atoms with van der Waals surface area (Å²) in [5.41, 5.74) is 0. The first kappa shape index (κ1) is 19.1. The Bertz CT molecular complexity index is 623. The van der Waals surface area contributed by atoms with Crippen molar-refractivity contribution >= 4 is 23.2 Å². The fourth-order valence-corrected chi connectivity index (χ4v) is 4.63. The number of nitrogens with one attached hydrogen (secondary N) is 2. The van der Waals surface area contributed by atoms with E-state index in [4.69, 9.17) is 0 Å². The molecule has 2 fully saturated rings. The van der Waals surface area contributed by atoms with Crippen molar-refractivity contribution < 1.29 is 4.79 Å². The summed E-state index contributed by atoms with van der Waals surface area (Å²) in [4.78, 5) is 24.8. The highest BCUT2D eigenvalue weighted by Crippen LogP contribution is 2.26. The summed E-state index contributed by atoms with van der Waals surface area (Å²) in [7, 11) is 1.79. The third-order valence-corrected chi connectivity index (χ3v) is 6.52. The number of likely N-dealkylation sites (tertiary alicyclic amines) is 1. The van der Waals surface area contributed by atoms with Crippen molar-refractivity contribution in [2.45, 2.75) is 64.5 Å². The van der Waals surface area contributed by atoms with E-state index >= 15 is 0 Å². The van der Waals surface area contributed by atoms with Gasteiger partial charge in [-0.1, -0.05) is 26.2 Å². The standard InChI is InChI=1S/C19H31N5OS/c1-3-16-11-21-17(26-16)12-22-19(20-2)23-15-9-10-24(13-15)18(25)14-7-5-4-6-8-14/h11,14-15H,3-10,12-13H2,1-2H3,(H2,20,22,23). The molecule has 1 saturated heterocycles. The average molecular weight is 378 g/mol. The molecule has 3 rings (SSSR count). The number of amides is 1. The summed E-state index contributed by atoms with van der Waals surface area (Å²) >= 11 is 1.74. The van der Waals surface area contributed by atoms with E-state index in [0.717, 1.165) is 49.7 Å². The van der Waals surface area contributed by atoms with Crippen LogP contribution in [0.1, 0.15) is 55.3 Å². The minimum absolute atomic E-state index is 0.262. The van der Waals surface area contributed by atoms with E-state index in [-0.39, 0.29) is 12.0 Å². The first-order chi connectivity index (χ1) is 12.7. The molecule has 2 heterocycles. The minimum atomic E-state index is 0.262. The first-order valence-electron chi connectivity index (χ1n) is 9.89. The van der Waals surface area contributed by atoms with Crippen LogP contribution in [-0.2, 0) is 17.8 Å². The van der Waals surface area contributed by atoms with Gasteiger partial charge in [-0.15, -0.1) is 11.3 Å². The largest absolute Gasteiger partial charge is 0.352 e. The molecule has 1 atom stereocenters. The van der Waals surface area contributed by atoms with Crippen molar-refractivity contribution in [1.82, 2.24) is 20.5 Å². The van der Waals surface area contributed by atoms with Crippen LogP contribution >= 0.6 is 11.3 Å². The maximum Gasteiger partial charge on any atom is 0.225 e. The Kier molecular flexibility index (Phi) is 6.88. The highest BCUT2D eigenvalue weighted by Gasteiger charge is 2.31. The van der Waals surface area contributed by atoms with Crippen LogP contribution in [0.5, 0.6) is 0 Å². The Morgan fingerprint density at radius 3 is 2.85 bits per heavy atom. The van der Waals surface area contributed by atoms with Gasteiger partial charge in [-0.2, -0.15) is 0 Å². The molecule has 0 aromatic carbocycles. The number of aliphatic imine (C=N–C) groups is 1.